The minimum atomic E-state index is -0.220. The summed E-state index contributed by atoms with van der Waals surface area (Å²) >= 11 is 0. The lowest BCUT2D eigenvalue weighted by molar-refractivity contribution is -0.122. The summed E-state index contributed by atoms with van der Waals surface area (Å²) < 4.78 is 5.30. The molecule has 0 unspecified atom stereocenters. The molecule has 1 rings (SSSR count). The summed E-state index contributed by atoms with van der Waals surface area (Å²) in [4.78, 5) is 11.2. The number of rotatable bonds is 6. The third-order valence-electron chi connectivity index (χ3n) is 2.06. The van der Waals surface area contributed by atoms with Crippen molar-refractivity contribution in [3.8, 4) is 18.1 Å². The van der Waals surface area contributed by atoms with E-state index in [-0.39, 0.29) is 19.1 Å². The lowest BCUT2D eigenvalue weighted by Gasteiger charge is -2.06. The minimum Gasteiger partial charge on any atom is -0.484 e. The number of hydrogen-bond acceptors (Lipinski definition) is 3. The van der Waals surface area contributed by atoms with Crippen molar-refractivity contribution in [2.75, 3.05) is 20.2 Å². The standard InChI is InChI=1S/C13H16N2O2/c1-3-8-15-13(16)10-17-12-6-4-11(5-7-12)9-14-2/h1,4-7,14H,8-10H2,2H3,(H,15,16). The van der Waals surface area contributed by atoms with E-state index in [9.17, 15) is 4.79 Å². The van der Waals surface area contributed by atoms with Gasteiger partial charge < -0.3 is 15.4 Å². The van der Waals surface area contributed by atoms with Gasteiger partial charge in [-0.1, -0.05) is 18.1 Å². The third kappa shape index (κ3) is 5.05. The van der Waals surface area contributed by atoms with Crippen LogP contribution < -0.4 is 15.4 Å². The van der Waals surface area contributed by atoms with Crippen molar-refractivity contribution in [3.63, 3.8) is 0 Å². The van der Waals surface area contributed by atoms with Crippen LogP contribution in [0.1, 0.15) is 5.56 Å². The second-order valence-corrected chi connectivity index (χ2v) is 3.44. The van der Waals surface area contributed by atoms with E-state index >= 15 is 0 Å². The van der Waals surface area contributed by atoms with Crippen LogP contribution in [-0.2, 0) is 11.3 Å². The molecule has 0 aliphatic carbocycles. The predicted molar refractivity (Wildman–Crippen MR) is 66.5 cm³/mol. The highest BCUT2D eigenvalue weighted by Crippen LogP contribution is 2.11. The summed E-state index contributed by atoms with van der Waals surface area (Å²) in [7, 11) is 1.89. The molecule has 0 bridgehead atoms. The number of carbonyl (C=O) groups excluding carboxylic acids is 1. The van der Waals surface area contributed by atoms with E-state index in [0.717, 1.165) is 12.1 Å². The Morgan fingerprint density at radius 1 is 1.41 bits per heavy atom. The van der Waals surface area contributed by atoms with E-state index in [1.165, 1.54) is 0 Å². The first-order valence-corrected chi connectivity index (χ1v) is 5.32. The molecule has 0 radical (unpaired) electrons. The molecule has 0 fully saturated rings. The van der Waals surface area contributed by atoms with Gasteiger partial charge in [-0.3, -0.25) is 4.79 Å². The summed E-state index contributed by atoms with van der Waals surface area (Å²) in [5, 5.41) is 5.58. The summed E-state index contributed by atoms with van der Waals surface area (Å²) in [5.74, 6) is 2.77. The van der Waals surface area contributed by atoms with Crippen molar-refractivity contribution in [3.05, 3.63) is 29.8 Å². The summed E-state index contributed by atoms with van der Waals surface area (Å²) in [6.07, 6.45) is 5.02. The van der Waals surface area contributed by atoms with Gasteiger partial charge in [0.25, 0.3) is 5.91 Å². The molecule has 4 heteroatoms. The van der Waals surface area contributed by atoms with Crippen LogP contribution in [0.3, 0.4) is 0 Å². The van der Waals surface area contributed by atoms with E-state index in [1.807, 2.05) is 31.3 Å². The fourth-order valence-electron chi connectivity index (χ4n) is 1.26. The first-order chi connectivity index (χ1) is 8.26. The molecular formula is C13H16N2O2. The smallest absolute Gasteiger partial charge is 0.258 e. The molecule has 0 spiro atoms. The highest BCUT2D eigenvalue weighted by Gasteiger charge is 2.01. The van der Waals surface area contributed by atoms with Crippen LogP contribution in [0.25, 0.3) is 0 Å². The van der Waals surface area contributed by atoms with Gasteiger partial charge in [-0.05, 0) is 24.7 Å². The second-order valence-electron chi connectivity index (χ2n) is 3.44. The Morgan fingerprint density at radius 2 is 2.12 bits per heavy atom. The van der Waals surface area contributed by atoms with Crippen molar-refractivity contribution in [1.29, 1.82) is 0 Å². The fourth-order valence-corrected chi connectivity index (χ4v) is 1.26. The van der Waals surface area contributed by atoms with E-state index < -0.39 is 0 Å². The quantitative estimate of drug-likeness (QED) is 0.704. The van der Waals surface area contributed by atoms with Crippen molar-refractivity contribution in [2.45, 2.75) is 6.54 Å². The molecule has 90 valence electrons. The van der Waals surface area contributed by atoms with Gasteiger partial charge in [0.2, 0.25) is 0 Å². The second kappa shape index (κ2) is 7.31. The molecule has 1 amide bonds. The third-order valence-corrected chi connectivity index (χ3v) is 2.06. The molecule has 4 nitrogen and oxygen atoms in total. The van der Waals surface area contributed by atoms with Crippen LogP contribution in [0.5, 0.6) is 5.75 Å². The Kier molecular flexibility index (Phi) is 5.62. The van der Waals surface area contributed by atoms with Crippen LogP contribution in [0.15, 0.2) is 24.3 Å². The Morgan fingerprint density at radius 3 is 2.71 bits per heavy atom. The van der Waals surface area contributed by atoms with Crippen molar-refractivity contribution >= 4 is 5.91 Å². The Bertz CT molecular complexity index is 393. The Balaban J connectivity index is 2.37. The molecule has 0 aliphatic heterocycles. The number of ether oxygens (including phenoxy) is 1. The molecule has 2 N–H and O–H groups in total. The lowest BCUT2D eigenvalue weighted by atomic mass is 10.2. The number of carbonyl (C=O) groups is 1. The minimum absolute atomic E-state index is 0.0208. The van der Waals surface area contributed by atoms with E-state index in [2.05, 4.69) is 16.6 Å². The van der Waals surface area contributed by atoms with Gasteiger partial charge in [-0.2, -0.15) is 0 Å². The topological polar surface area (TPSA) is 50.4 Å². The lowest BCUT2D eigenvalue weighted by Crippen LogP contribution is -2.29. The molecule has 0 aliphatic rings. The monoisotopic (exact) mass is 232 g/mol. The molecule has 0 saturated carbocycles. The summed E-state index contributed by atoms with van der Waals surface area (Å²) in [6, 6.07) is 7.57. The van der Waals surface area contributed by atoms with E-state index in [1.54, 1.807) is 0 Å². The van der Waals surface area contributed by atoms with Gasteiger partial charge in [0, 0.05) is 6.54 Å². The first-order valence-electron chi connectivity index (χ1n) is 5.32. The van der Waals surface area contributed by atoms with Gasteiger partial charge in [0.05, 0.1) is 6.54 Å². The Hall–Kier alpha value is -1.99. The molecular weight excluding hydrogens is 216 g/mol. The number of hydrogen-bond donors (Lipinski definition) is 2. The maximum absolute atomic E-state index is 11.2. The zero-order chi connectivity index (χ0) is 12.5. The summed E-state index contributed by atoms with van der Waals surface area (Å²) in [5.41, 5.74) is 1.16. The molecule has 1 aromatic carbocycles. The normalized spacial score (nSPS) is 9.41. The molecule has 0 aromatic heterocycles. The number of terminal acetylenes is 1. The molecule has 17 heavy (non-hydrogen) atoms. The van der Waals surface area contributed by atoms with Crippen molar-refractivity contribution in [2.24, 2.45) is 0 Å². The maximum atomic E-state index is 11.2. The van der Waals surface area contributed by atoms with Gasteiger partial charge in [0.1, 0.15) is 5.75 Å². The van der Waals surface area contributed by atoms with Gasteiger partial charge in [0.15, 0.2) is 6.61 Å². The van der Waals surface area contributed by atoms with Crippen LogP contribution in [0.2, 0.25) is 0 Å². The summed E-state index contributed by atoms with van der Waals surface area (Å²) in [6.45, 7) is 1.01. The van der Waals surface area contributed by atoms with Crippen molar-refractivity contribution in [1.82, 2.24) is 10.6 Å². The highest BCUT2D eigenvalue weighted by atomic mass is 16.5. The number of nitrogens with one attached hydrogen (secondary N) is 2. The first kappa shape index (κ1) is 13.1. The van der Waals surface area contributed by atoms with Crippen LogP contribution in [0, 0.1) is 12.3 Å². The van der Waals surface area contributed by atoms with Crippen LogP contribution >= 0.6 is 0 Å². The van der Waals surface area contributed by atoms with Crippen LogP contribution in [0.4, 0.5) is 0 Å². The highest BCUT2D eigenvalue weighted by molar-refractivity contribution is 5.77. The predicted octanol–water partition coefficient (Wildman–Crippen LogP) is 0.534. The van der Waals surface area contributed by atoms with Gasteiger partial charge in [-0.25, -0.2) is 0 Å². The molecule has 0 heterocycles. The Labute approximate surface area is 101 Å². The largest absolute Gasteiger partial charge is 0.484 e. The van der Waals surface area contributed by atoms with Gasteiger partial charge in [-0.15, -0.1) is 6.42 Å². The molecule has 0 saturated heterocycles. The zero-order valence-corrected chi connectivity index (χ0v) is 9.82. The van der Waals surface area contributed by atoms with Gasteiger partial charge >= 0.3 is 0 Å². The van der Waals surface area contributed by atoms with Crippen molar-refractivity contribution < 1.29 is 9.53 Å². The average Bonchev–Trinajstić information content (AvgIpc) is 2.36. The molecule has 1 aromatic rings. The van der Waals surface area contributed by atoms with E-state index in [4.69, 9.17) is 11.2 Å². The number of amides is 1. The molecule has 0 atom stereocenters. The SMILES string of the molecule is C#CCNC(=O)COc1ccc(CNC)cc1. The van der Waals surface area contributed by atoms with E-state index in [0.29, 0.717) is 5.75 Å². The maximum Gasteiger partial charge on any atom is 0.258 e. The average molecular weight is 232 g/mol. The fraction of sp³-hybridized carbons (Fsp3) is 0.308. The van der Waals surface area contributed by atoms with Crippen LogP contribution in [-0.4, -0.2) is 26.1 Å². The zero-order valence-electron chi connectivity index (χ0n) is 9.82. The number of benzene rings is 1.